The van der Waals surface area contributed by atoms with Gasteiger partial charge in [-0.1, -0.05) is 0 Å². The number of aliphatic hydroxyl groups is 2. The summed E-state index contributed by atoms with van der Waals surface area (Å²) in [5.41, 5.74) is 0. The summed E-state index contributed by atoms with van der Waals surface area (Å²) in [6.07, 6.45) is 0. The van der Waals surface area contributed by atoms with Gasteiger partial charge in [0.25, 0.3) is 0 Å². The van der Waals surface area contributed by atoms with Gasteiger partial charge in [-0.2, -0.15) is 0 Å². The van der Waals surface area contributed by atoms with Crippen molar-refractivity contribution in [3.63, 3.8) is 0 Å². The predicted octanol–water partition coefficient (Wildman–Crippen LogP) is -1.41. The van der Waals surface area contributed by atoms with Crippen molar-refractivity contribution in [1.29, 1.82) is 0 Å². The van der Waals surface area contributed by atoms with Gasteiger partial charge in [-0.25, -0.2) is 0 Å². The number of hydrogen-bond donors (Lipinski definition) is 2. The highest BCUT2D eigenvalue weighted by Crippen LogP contribution is 2.36. The van der Waals surface area contributed by atoms with Crippen LogP contribution in [0.25, 0.3) is 0 Å². The number of hydrogen-bond acceptors (Lipinski definition) is 2. The van der Waals surface area contributed by atoms with E-state index in [0.717, 1.165) is 0 Å². The van der Waals surface area contributed by atoms with Crippen molar-refractivity contribution >= 4 is 9.52 Å². The van der Waals surface area contributed by atoms with Crippen molar-refractivity contribution < 1.29 is 10.2 Å². The summed E-state index contributed by atoms with van der Waals surface area (Å²) in [6, 6.07) is 0. The van der Waals surface area contributed by atoms with Gasteiger partial charge >= 0.3 is 0 Å². The Bertz CT molecular complexity index is 85.9. The minimum absolute atomic E-state index is 0.566. The molecule has 42 valence electrons. The van der Waals surface area contributed by atoms with Crippen LogP contribution in [0.1, 0.15) is 13.8 Å². The van der Waals surface area contributed by atoms with E-state index < -0.39 is 20.0 Å². The number of rotatable bonds is 0. The molecule has 7 heavy (non-hydrogen) atoms. The highest BCUT2D eigenvalue weighted by Gasteiger charge is 2.59. The Hall–Kier alpha value is 0.137. The summed E-state index contributed by atoms with van der Waals surface area (Å²) in [5, 5.41) is 16.6. The summed E-state index contributed by atoms with van der Waals surface area (Å²) >= 11 is 0. The van der Waals surface area contributed by atoms with Gasteiger partial charge in [0, 0.05) is 0 Å². The van der Waals surface area contributed by atoms with Crippen LogP contribution in [0.2, 0.25) is 0 Å². The lowest BCUT2D eigenvalue weighted by molar-refractivity contribution is 0.0438. The van der Waals surface area contributed by atoms with Gasteiger partial charge in [-0.15, -0.1) is 0 Å². The van der Waals surface area contributed by atoms with E-state index in [1.54, 1.807) is 13.8 Å². The van der Waals surface area contributed by atoms with E-state index in [1.165, 1.54) is 0 Å². The van der Waals surface area contributed by atoms with Crippen LogP contribution >= 0.6 is 0 Å². The first-order valence-electron chi connectivity index (χ1n) is 2.40. The summed E-state index contributed by atoms with van der Waals surface area (Å²) < 4.78 is 0. The minimum atomic E-state index is -0.660. The molecule has 1 fully saturated rings. The smallest absolute Gasteiger partial charge is 0.103 e. The highest BCUT2D eigenvalue weighted by atomic mass is 28.2. The first kappa shape index (κ1) is 5.28. The first-order chi connectivity index (χ1) is 2.96. The average Bonchev–Trinajstić information content (AvgIpc) is 1.63. The highest BCUT2D eigenvalue weighted by molar-refractivity contribution is 6.58. The Balaban J connectivity index is 2.59. The van der Waals surface area contributed by atoms with Crippen molar-refractivity contribution in [2.45, 2.75) is 24.3 Å². The van der Waals surface area contributed by atoms with Gasteiger partial charge in [-0.3, -0.25) is 0 Å². The second-order valence-electron chi connectivity index (χ2n) is 2.72. The molecule has 2 atom stereocenters. The molecule has 1 rings (SSSR count). The largest absolute Gasteiger partial charge is 0.392 e. The predicted molar refractivity (Wildman–Crippen MR) is 29.8 cm³/mol. The normalized spacial score (nSPS) is 63.4. The summed E-state index contributed by atoms with van der Waals surface area (Å²) in [7, 11) is -0.566. The van der Waals surface area contributed by atoms with E-state index in [9.17, 15) is 0 Å². The molecule has 0 aromatic heterocycles. The van der Waals surface area contributed by atoms with Gasteiger partial charge in [0.1, 0.15) is 9.52 Å². The Morgan fingerprint density at radius 3 is 1.29 bits per heavy atom. The monoisotopic (exact) mass is 118 g/mol. The molecule has 0 aliphatic carbocycles. The Kier molecular flexibility index (Phi) is 0.707. The van der Waals surface area contributed by atoms with Crippen LogP contribution in [0.15, 0.2) is 0 Å². The molecule has 0 bridgehead atoms. The van der Waals surface area contributed by atoms with Gasteiger partial charge in [-0.05, 0) is 13.8 Å². The molecular weight excluding hydrogens is 108 g/mol. The molecule has 1 aliphatic rings. The molecule has 0 aromatic rings. The van der Waals surface area contributed by atoms with Crippen molar-refractivity contribution in [1.82, 2.24) is 0 Å². The van der Waals surface area contributed by atoms with Crippen molar-refractivity contribution in [2.24, 2.45) is 0 Å². The summed E-state index contributed by atoms with van der Waals surface area (Å²) in [5.74, 6) is 0. The Morgan fingerprint density at radius 1 is 1.14 bits per heavy atom. The van der Waals surface area contributed by atoms with Crippen LogP contribution in [-0.4, -0.2) is 30.2 Å². The fraction of sp³-hybridized carbons (Fsp3) is 1.00. The third-order valence-electron chi connectivity index (χ3n) is 1.72. The Morgan fingerprint density at radius 2 is 1.29 bits per heavy atom. The third-order valence-corrected chi connectivity index (χ3v) is 4.12. The van der Waals surface area contributed by atoms with E-state index in [2.05, 4.69) is 0 Å². The fourth-order valence-corrected chi connectivity index (χ4v) is 1.88. The second-order valence-corrected chi connectivity index (χ2v) is 5.83. The SMILES string of the molecule is C[C@]1(O)[SiH2][C@@]1(C)O. The van der Waals surface area contributed by atoms with Crippen LogP contribution in [0.5, 0.6) is 0 Å². The molecule has 0 amide bonds. The maximum atomic E-state index is 8.97. The van der Waals surface area contributed by atoms with Crippen molar-refractivity contribution in [3.8, 4) is 0 Å². The maximum absolute atomic E-state index is 8.97. The van der Waals surface area contributed by atoms with Crippen LogP contribution in [0, 0.1) is 0 Å². The van der Waals surface area contributed by atoms with Crippen LogP contribution in [-0.2, 0) is 0 Å². The van der Waals surface area contributed by atoms with Crippen molar-refractivity contribution in [2.75, 3.05) is 0 Å². The van der Waals surface area contributed by atoms with E-state index in [-0.39, 0.29) is 0 Å². The zero-order chi connectivity index (χ0) is 5.71. The molecular formula is C4H10O2Si. The zero-order valence-corrected chi connectivity index (χ0v) is 6.02. The molecule has 3 heteroatoms. The lowest BCUT2D eigenvalue weighted by Gasteiger charge is -2.03. The van der Waals surface area contributed by atoms with E-state index >= 15 is 0 Å². The zero-order valence-electron chi connectivity index (χ0n) is 4.60. The molecule has 1 aliphatic heterocycles. The minimum Gasteiger partial charge on any atom is -0.392 e. The van der Waals surface area contributed by atoms with E-state index in [1.807, 2.05) is 0 Å². The molecule has 0 unspecified atom stereocenters. The van der Waals surface area contributed by atoms with Crippen LogP contribution in [0.4, 0.5) is 0 Å². The topological polar surface area (TPSA) is 40.5 Å². The molecule has 2 nitrogen and oxygen atoms in total. The molecule has 1 saturated heterocycles. The quantitative estimate of drug-likeness (QED) is 0.383. The lowest BCUT2D eigenvalue weighted by atomic mass is 10.3. The Labute approximate surface area is 45.0 Å². The second kappa shape index (κ2) is 0.938. The molecule has 0 saturated carbocycles. The standard InChI is InChI=1S/C4H10O2Si/c1-3(5)4(2,6)7-3/h5-6H,7H2,1-2H3/t3-,4+. The van der Waals surface area contributed by atoms with Gasteiger partial charge in [0.15, 0.2) is 0 Å². The molecule has 0 aromatic carbocycles. The summed E-state index contributed by atoms with van der Waals surface area (Å²) in [4.78, 5) is 0. The first-order valence-corrected chi connectivity index (χ1v) is 3.82. The van der Waals surface area contributed by atoms with Gasteiger partial charge in [0.2, 0.25) is 0 Å². The molecule has 2 N–H and O–H groups in total. The van der Waals surface area contributed by atoms with Crippen LogP contribution < -0.4 is 0 Å². The average molecular weight is 118 g/mol. The van der Waals surface area contributed by atoms with E-state index in [0.29, 0.717) is 0 Å². The van der Waals surface area contributed by atoms with Gasteiger partial charge < -0.3 is 10.2 Å². The molecule has 0 spiro atoms. The van der Waals surface area contributed by atoms with Gasteiger partial charge in [0.05, 0.1) is 10.4 Å². The molecule has 1 heterocycles. The van der Waals surface area contributed by atoms with E-state index in [4.69, 9.17) is 10.2 Å². The van der Waals surface area contributed by atoms with Crippen molar-refractivity contribution in [3.05, 3.63) is 0 Å². The lowest BCUT2D eigenvalue weighted by Crippen LogP contribution is -2.17. The fourth-order valence-electron chi connectivity index (χ4n) is 0.626. The molecule has 0 radical (unpaired) electrons. The maximum Gasteiger partial charge on any atom is 0.103 e. The van der Waals surface area contributed by atoms with Crippen LogP contribution in [0.3, 0.4) is 0 Å². The summed E-state index contributed by atoms with van der Waals surface area (Å²) in [6.45, 7) is 3.39. The third kappa shape index (κ3) is 0.609.